The van der Waals surface area contributed by atoms with Crippen molar-refractivity contribution in [1.29, 1.82) is 0 Å². The topological polar surface area (TPSA) is 52.1 Å². The standard InChI is InChI=1S/C10H14N2O2S/c1-3-9-8(4-11-6-12-9)10(15-2)5-14-7-13/h4,6-7,10H,3,5H2,1-2H3. The normalized spacial score (nSPS) is 12.1. The van der Waals surface area contributed by atoms with Crippen LogP contribution in [-0.4, -0.2) is 29.3 Å². The van der Waals surface area contributed by atoms with Gasteiger partial charge in [-0.15, -0.1) is 0 Å². The molecule has 1 unspecified atom stereocenters. The van der Waals surface area contributed by atoms with Gasteiger partial charge < -0.3 is 4.74 Å². The molecule has 0 bridgehead atoms. The van der Waals surface area contributed by atoms with Crippen molar-refractivity contribution in [3.8, 4) is 0 Å². The molecule has 0 spiro atoms. The Morgan fingerprint density at radius 3 is 3.07 bits per heavy atom. The van der Waals surface area contributed by atoms with Gasteiger partial charge in [0, 0.05) is 17.5 Å². The summed E-state index contributed by atoms with van der Waals surface area (Å²) >= 11 is 1.63. The Bertz CT molecular complexity index is 320. The Kier molecular flexibility index (Phi) is 5.10. The lowest BCUT2D eigenvalue weighted by Crippen LogP contribution is -2.08. The average molecular weight is 226 g/mol. The molecule has 1 rings (SSSR count). The number of nitrogens with zero attached hydrogens (tertiary/aromatic N) is 2. The second-order valence-electron chi connectivity index (χ2n) is 2.93. The Balaban J connectivity index is 2.84. The summed E-state index contributed by atoms with van der Waals surface area (Å²) in [5, 5.41) is 0.117. The van der Waals surface area contributed by atoms with Gasteiger partial charge in [0.1, 0.15) is 12.9 Å². The monoisotopic (exact) mass is 226 g/mol. The molecule has 0 aliphatic rings. The van der Waals surface area contributed by atoms with Gasteiger partial charge in [0.2, 0.25) is 0 Å². The van der Waals surface area contributed by atoms with Gasteiger partial charge in [-0.25, -0.2) is 9.97 Å². The molecule has 0 saturated carbocycles. The maximum Gasteiger partial charge on any atom is 0.293 e. The molecular formula is C10H14N2O2S. The molecule has 15 heavy (non-hydrogen) atoms. The molecule has 4 nitrogen and oxygen atoms in total. The molecule has 0 aromatic carbocycles. The first-order valence-corrected chi connectivity index (χ1v) is 5.99. The van der Waals surface area contributed by atoms with Gasteiger partial charge in [-0.3, -0.25) is 4.79 Å². The van der Waals surface area contributed by atoms with Crippen molar-refractivity contribution in [1.82, 2.24) is 9.97 Å². The van der Waals surface area contributed by atoms with Crippen LogP contribution in [0.1, 0.15) is 23.4 Å². The first-order chi connectivity index (χ1) is 7.33. The van der Waals surface area contributed by atoms with E-state index in [1.165, 1.54) is 0 Å². The molecule has 1 atom stereocenters. The van der Waals surface area contributed by atoms with E-state index >= 15 is 0 Å². The molecule has 0 aliphatic heterocycles. The van der Waals surface area contributed by atoms with Gasteiger partial charge >= 0.3 is 0 Å². The summed E-state index contributed by atoms with van der Waals surface area (Å²) in [5.74, 6) is 0. The lowest BCUT2D eigenvalue weighted by atomic mass is 10.1. The van der Waals surface area contributed by atoms with E-state index in [0.717, 1.165) is 17.7 Å². The molecular weight excluding hydrogens is 212 g/mol. The number of aromatic nitrogens is 2. The summed E-state index contributed by atoms with van der Waals surface area (Å²) in [5.41, 5.74) is 2.06. The minimum Gasteiger partial charge on any atom is -0.466 e. The summed E-state index contributed by atoms with van der Waals surface area (Å²) in [6.45, 7) is 2.88. The lowest BCUT2D eigenvalue weighted by molar-refractivity contribution is -0.128. The van der Waals surface area contributed by atoms with E-state index in [2.05, 4.69) is 9.97 Å². The van der Waals surface area contributed by atoms with E-state index < -0.39 is 0 Å². The van der Waals surface area contributed by atoms with Crippen molar-refractivity contribution < 1.29 is 9.53 Å². The third kappa shape index (κ3) is 3.20. The van der Waals surface area contributed by atoms with Crippen LogP contribution >= 0.6 is 11.8 Å². The second kappa shape index (κ2) is 6.40. The van der Waals surface area contributed by atoms with E-state index in [9.17, 15) is 4.79 Å². The van der Waals surface area contributed by atoms with Gasteiger partial charge in [0.25, 0.3) is 6.47 Å². The Hall–Kier alpha value is -1.10. The van der Waals surface area contributed by atoms with Gasteiger partial charge in [-0.2, -0.15) is 11.8 Å². The van der Waals surface area contributed by atoms with Crippen molar-refractivity contribution in [3.63, 3.8) is 0 Å². The fraction of sp³-hybridized carbons (Fsp3) is 0.500. The molecule has 1 aromatic heterocycles. The molecule has 0 aliphatic carbocycles. The zero-order valence-corrected chi connectivity index (χ0v) is 9.66. The molecule has 0 N–H and O–H groups in total. The third-order valence-electron chi connectivity index (χ3n) is 2.11. The largest absolute Gasteiger partial charge is 0.466 e. The van der Waals surface area contributed by atoms with E-state index in [1.54, 1.807) is 24.3 Å². The number of hydrogen-bond donors (Lipinski definition) is 0. The summed E-state index contributed by atoms with van der Waals surface area (Å²) < 4.78 is 4.78. The molecule has 0 fully saturated rings. The maximum absolute atomic E-state index is 10.1. The number of carbonyl (C=O) groups excluding carboxylic acids is 1. The first kappa shape index (κ1) is 12.0. The van der Waals surface area contributed by atoms with Crippen LogP contribution in [0.5, 0.6) is 0 Å². The van der Waals surface area contributed by atoms with Crippen LogP contribution in [0.25, 0.3) is 0 Å². The molecule has 1 heterocycles. The SMILES string of the molecule is CCc1ncncc1C(COC=O)SC. The average Bonchev–Trinajstić information content (AvgIpc) is 2.30. The predicted octanol–water partition coefficient (Wildman–Crippen LogP) is 1.62. The molecule has 5 heteroatoms. The van der Waals surface area contributed by atoms with Crippen molar-refractivity contribution in [2.24, 2.45) is 0 Å². The van der Waals surface area contributed by atoms with Gasteiger partial charge in [0.05, 0.1) is 5.25 Å². The number of aryl methyl sites for hydroxylation is 1. The lowest BCUT2D eigenvalue weighted by Gasteiger charge is -2.15. The molecule has 0 amide bonds. The van der Waals surface area contributed by atoms with Crippen LogP contribution in [0.15, 0.2) is 12.5 Å². The van der Waals surface area contributed by atoms with Crippen LogP contribution in [0.4, 0.5) is 0 Å². The molecule has 0 radical (unpaired) electrons. The number of carbonyl (C=O) groups is 1. The van der Waals surface area contributed by atoms with Crippen molar-refractivity contribution >= 4 is 18.2 Å². The maximum atomic E-state index is 10.1. The van der Waals surface area contributed by atoms with Crippen LogP contribution in [0.3, 0.4) is 0 Å². The van der Waals surface area contributed by atoms with E-state index in [1.807, 2.05) is 13.2 Å². The van der Waals surface area contributed by atoms with Crippen molar-refractivity contribution in [2.45, 2.75) is 18.6 Å². The number of rotatable bonds is 6. The van der Waals surface area contributed by atoms with Gasteiger partial charge in [0.15, 0.2) is 0 Å². The highest BCUT2D eigenvalue weighted by atomic mass is 32.2. The quantitative estimate of drug-likeness (QED) is 0.690. The smallest absolute Gasteiger partial charge is 0.293 e. The third-order valence-corrected chi connectivity index (χ3v) is 3.07. The zero-order valence-electron chi connectivity index (χ0n) is 8.84. The van der Waals surface area contributed by atoms with E-state index in [0.29, 0.717) is 13.1 Å². The Morgan fingerprint density at radius 2 is 2.47 bits per heavy atom. The minimum atomic E-state index is 0.117. The summed E-state index contributed by atoms with van der Waals surface area (Å²) in [6.07, 6.45) is 6.17. The highest BCUT2D eigenvalue weighted by Crippen LogP contribution is 2.28. The Labute approximate surface area is 93.5 Å². The zero-order chi connectivity index (χ0) is 11.1. The van der Waals surface area contributed by atoms with Crippen LogP contribution < -0.4 is 0 Å². The van der Waals surface area contributed by atoms with Gasteiger partial charge in [-0.05, 0) is 12.7 Å². The van der Waals surface area contributed by atoms with Crippen LogP contribution in [-0.2, 0) is 16.0 Å². The van der Waals surface area contributed by atoms with Gasteiger partial charge in [-0.1, -0.05) is 6.92 Å². The summed E-state index contributed by atoms with van der Waals surface area (Å²) in [7, 11) is 0. The summed E-state index contributed by atoms with van der Waals surface area (Å²) in [4.78, 5) is 18.4. The predicted molar refractivity (Wildman–Crippen MR) is 59.7 cm³/mol. The van der Waals surface area contributed by atoms with Crippen LogP contribution in [0, 0.1) is 0 Å². The Morgan fingerprint density at radius 1 is 1.67 bits per heavy atom. The fourth-order valence-corrected chi connectivity index (χ4v) is 2.01. The molecule has 0 saturated heterocycles. The summed E-state index contributed by atoms with van der Waals surface area (Å²) in [6, 6.07) is 0. The number of ether oxygens (including phenoxy) is 1. The first-order valence-electron chi connectivity index (χ1n) is 4.70. The molecule has 82 valence electrons. The van der Waals surface area contributed by atoms with Crippen LogP contribution in [0.2, 0.25) is 0 Å². The van der Waals surface area contributed by atoms with E-state index in [-0.39, 0.29) is 5.25 Å². The molecule has 1 aromatic rings. The van der Waals surface area contributed by atoms with E-state index in [4.69, 9.17) is 4.74 Å². The number of thioether (sulfide) groups is 1. The highest BCUT2D eigenvalue weighted by molar-refractivity contribution is 7.98. The minimum absolute atomic E-state index is 0.117. The van der Waals surface area contributed by atoms with Crippen molar-refractivity contribution in [3.05, 3.63) is 23.8 Å². The highest BCUT2D eigenvalue weighted by Gasteiger charge is 2.15. The number of hydrogen-bond acceptors (Lipinski definition) is 5. The fourth-order valence-electron chi connectivity index (χ4n) is 1.34. The second-order valence-corrected chi connectivity index (χ2v) is 3.97. The van der Waals surface area contributed by atoms with Crippen molar-refractivity contribution in [2.75, 3.05) is 12.9 Å².